The lowest BCUT2D eigenvalue weighted by atomic mass is 10.1. The first-order valence-electron chi connectivity index (χ1n) is 4.88. The predicted molar refractivity (Wildman–Crippen MR) is 58.6 cm³/mol. The molecule has 0 bridgehead atoms. The minimum Gasteiger partial charge on any atom is -0.406 e. The van der Waals surface area contributed by atoms with Gasteiger partial charge in [-0.2, -0.15) is 0 Å². The van der Waals surface area contributed by atoms with Crippen LogP contribution < -0.4 is 10.5 Å². The van der Waals surface area contributed by atoms with Gasteiger partial charge in [-0.1, -0.05) is 0 Å². The summed E-state index contributed by atoms with van der Waals surface area (Å²) < 4.78 is 39.6. The lowest BCUT2D eigenvalue weighted by molar-refractivity contribution is -0.274. The van der Waals surface area contributed by atoms with Crippen molar-refractivity contribution in [2.45, 2.75) is 6.36 Å². The zero-order chi connectivity index (χ0) is 13.2. The molecule has 0 aliphatic carbocycles. The van der Waals surface area contributed by atoms with Crippen molar-refractivity contribution in [2.75, 3.05) is 5.73 Å². The summed E-state index contributed by atoms with van der Waals surface area (Å²) >= 11 is 0. The van der Waals surface area contributed by atoms with Crippen LogP contribution in [0.5, 0.6) is 5.75 Å². The lowest BCUT2D eigenvalue weighted by Crippen LogP contribution is -2.16. The van der Waals surface area contributed by atoms with Crippen molar-refractivity contribution in [1.29, 1.82) is 0 Å². The van der Waals surface area contributed by atoms with E-state index in [9.17, 15) is 13.2 Å². The predicted octanol–water partition coefficient (Wildman–Crippen LogP) is 2.62. The van der Waals surface area contributed by atoms with Crippen LogP contribution in [0, 0.1) is 0 Å². The molecule has 18 heavy (non-hydrogen) atoms. The SMILES string of the molecule is Nc1cnc(-c2ccc(OC(F)(F)F)cc2)cn1. The van der Waals surface area contributed by atoms with Gasteiger partial charge in [0, 0.05) is 5.56 Å². The maximum Gasteiger partial charge on any atom is 0.573 e. The molecule has 0 aliphatic heterocycles. The number of halogens is 3. The van der Waals surface area contributed by atoms with Crippen LogP contribution in [0.3, 0.4) is 0 Å². The first kappa shape index (κ1) is 12.2. The van der Waals surface area contributed by atoms with E-state index in [1.165, 1.54) is 36.7 Å². The minimum absolute atomic E-state index is 0.274. The Kier molecular flexibility index (Phi) is 3.05. The molecule has 0 aliphatic rings. The molecule has 1 aromatic carbocycles. The number of hydrogen-bond acceptors (Lipinski definition) is 4. The van der Waals surface area contributed by atoms with Crippen molar-refractivity contribution in [1.82, 2.24) is 9.97 Å². The molecule has 0 unspecified atom stereocenters. The molecule has 2 rings (SSSR count). The monoisotopic (exact) mass is 255 g/mol. The Morgan fingerprint density at radius 1 is 1.00 bits per heavy atom. The van der Waals surface area contributed by atoms with Crippen LogP contribution in [-0.2, 0) is 0 Å². The minimum atomic E-state index is -4.69. The maximum atomic E-state index is 12.0. The van der Waals surface area contributed by atoms with Gasteiger partial charge in [-0.05, 0) is 24.3 Å². The van der Waals surface area contributed by atoms with E-state index in [2.05, 4.69) is 14.7 Å². The van der Waals surface area contributed by atoms with Gasteiger partial charge in [-0.3, -0.25) is 4.98 Å². The van der Waals surface area contributed by atoms with Gasteiger partial charge >= 0.3 is 6.36 Å². The van der Waals surface area contributed by atoms with E-state index >= 15 is 0 Å². The molecule has 0 saturated heterocycles. The summed E-state index contributed by atoms with van der Waals surface area (Å²) in [5.41, 5.74) is 6.52. The number of nitrogens with zero attached hydrogens (tertiary/aromatic N) is 2. The third kappa shape index (κ3) is 3.09. The molecule has 0 amide bonds. The Morgan fingerprint density at radius 2 is 1.67 bits per heavy atom. The van der Waals surface area contributed by atoms with Gasteiger partial charge in [0.1, 0.15) is 11.6 Å². The molecule has 0 radical (unpaired) electrons. The molecule has 0 spiro atoms. The first-order chi connectivity index (χ1) is 8.44. The number of anilines is 1. The average molecular weight is 255 g/mol. The van der Waals surface area contributed by atoms with Crippen molar-refractivity contribution >= 4 is 5.82 Å². The molecule has 2 N–H and O–H groups in total. The van der Waals surface area contributed by atoms with Gasteiger partial charge in [0.2, 0.25) is 0 Å². The summed E-state index contributed by atoms with van der Waals surface area (Å²) in [6, 6.07) is 5.34. The van der Waals surface area contributed by atoms with E-state index in [0.29, 0.717) is 11.3 Å². The summed E-state index contributed by atoms with van der Waals surface area (Å²) in [7, 11) is 0. The smallest absolute Gasteiger partial charge is 0.406 e. The number of alkyl halides is 3. The first-order valence-corrected chi connectivity index (χ1v) is 4.88. The molecule has 1 aromatic heterocycles. The van der Waals surface area contributed by atoms with E-state index in [4.69, 9.17) is 5.73 Å². The molecule has 0 atom stereocenters. The highest BCUT2D eigenvalue weighted by atomic mass is 19.4. The van der Waals surface area contributed by atoms with Gasteiger partial charge in [0.25, 0.3) is 0 Å². The summed E-state index contributed by atoms with van der Waals surface area (Å²) in [6.07, 6.45) is -1.88. The van der Waals surface area contributed by atoms with E-state index in [1.54, 1.807) is 0 Å². The average Bonchev–Trinajstić information content (AvgIpc) is 2.29. The largest absolute Gasteiger partial charge is 0.573 e. The highest BCUT2D eigenvalue weighted by Gasteiger charge is 2.30. The third-order valence-electron chi connectivity index (χ3n) is 2.06. The standard InChI is InChI=1S/C11H8F3N3O/c12-11(13,14)18-8-3-1-7(2-4-8)9-5-17-10(15)6-16-9/h1-6H,(H2,15,17). The van der Waals surface area contributed by atoms with Crippen molar-refractivity contribution in [3.8, 4) is 17.0 Å². The molecule has 94 valence electrons. The number of aromatic nitrogens is 2. The quantitative estimate of drug-likeness (QED) is 0.896. The van der Waals surface area contributed by atoms with Gasteiger partial charge in [-0.25, -0.2) is 4.98 Å². The van der Waals surface area contributed by atoms with Crippen molar-refractivity contribution in [3.05, 3.63) is 36.7 Å². The van der Waals surface area contributed by atoms with Crippen LogP contribution in [0.15, 0.2) is 36.7 Å². The van der Waals surface area contributed by atoms with Crippen LogP contribution >= 0.6 is 0 Å². The lowest BCUT2D eigenvalue weighted by Gasteiger charge is -2.09. The van der Waals surface area contributed by atoms with E-state index in [1.807, 2.05) is 0 Å². The molecular formula is C11H8F3N3O. The summed E-state index contributed by atoms with van der Waals surface area (Å²) in [4.78, 5) is 7.84. The van der Waals surface area contributed by atoms with E-state index < -0.39 is 6.36 Å². The third-order valence-corrected chi connectivity index (χ3v) is 2.06. The zero-order valence-corrected chi connectivity index (χ0v) is 8.98. The molecular weight excluding hydrogens is 247 g/mol. The fraction of sp³-hybridized carbons (Fsp3) is 0.0909. The molecule has 0 saturated carbocycles. The number of ether oxygens (including phenoxy) is 1. The van der Waals surface area contributed by atoms with Gasteiger partial charge in [0.15, 0.2) is 0 Å². The van der Waals surface area contributed by atoms with Gasteiger partial charge in [0.05, 0.1) is 18.1 Å². The van der Waals surface area contributed by atoms with E-state index in [-0.39, 0.29) is 11.6 Å². The van der Waals surface area contributed by atoms with Crippen molar-refractivity contribution in [2.24, 2.45) is 0 Å². The Bertz CT molecular complexity index is 523. The number of hydrogen-bond donors (Lipinski definition) is 1. The topological polar surface area (TPSA) is 61.0 Å². The van der Waals surface area contributed by atoms with Crippen LogP contribution in [0.4, 0.5) is 19.0 Å². The van der Waals surface area contributed by atoms with Crippen molar-refractivity contribution < 1.29 is 17.9 Å². The maximum absolute atomic E-state index is 12.0. The normalized spacial score (nSPS) is 11.3. The second-order valence-electron chi connectivity index (χ2n) is 3.40. The number of nitrogen functional groups attached to an aromatic ring is 1. The fourth-order valence-corrected chi connectivity index (χ4v) is 1.31. The van der Waals surface area contributed by atoms with Crippen LogP contribution in [0.1, 0.15) is 0 Å². The fourth-order valence-electron chi connectivity index (χ4n) is 1.31. The molecule has 1 heterocycles. The van der Waals surface area contributed by atoms with Gasteiger partial charge < -0.3 is 10.5 Å². The number of benzene rings is 1. The molecule has 4 nitrogen and oxygen atoms in total. The highest BCUT2D eigenvalue weighted by molar-refractivity contribution is 5.59. The second kappa shape index (κ2) is 4.52. The van der Waals surface area contributed by atoms with E-state index in [0.717, 1.165) is 0 Å². The molecule has 0 fully saturated rings. The Hall–Kier alpha value is -2.31. The Labute approximate surface area is 100 Å². The summed E-state index contributed by atoms with van der Waals surface area (Å²) in [5, 5.41) is 0. The number of nitrogens with two attached hydrogens (primary N) is 1. The van der Waals surface area contributed by atoms with Crippen LogP contribution in [-0.4, -0.2) is 16.3 Å². The van der Waals surface area contributed by atoms with Crippen molar-refractivity contribution in [3.63, 3.8) is 0 Å². The van der Waals surface area contributed by atoms with Gasteiger partial charge in [-0.15, -0.1) is 13.2 Å². The Morgan fingerprint density at radius 3 is 2.17 bits per heavy atom. The highest BCUT2D eigenvalue weighted by Crippen LogP contribution is 2.25. The molecule has 7 heteroatoms. The summed E-state index contributed by atoms with van der Waals surface area (Å²) in [5.74, 6) is -0.00886. The van der Waals surface area contributed by atoms with Crippen LogP contribution in [0.2, 0.25) is 0 Å². The number of rotatable bonds is 2. The zero-order valence-electron chi connectivity index (χ0n) is 8.98. The van der Waals surface area contributed by atoms with Crippen LogP contribution in [0.25, 0.3) is 11.3 Å². The Balaban J connectivity index is 2.20. The molecule has 2 aromatic rings. The summed E-state index contributed by atoms with van der Waals surface area (Å²) in [6.45, 7) is 0. The second-order valence-corrected chi connectivity index (χ2v) is 3.40.